The van der Waals surface area contributed by atoms with E-state index in [9.17, 15) is 8.42 Å². The van der Waals surface area contributed by atoms with Crippen LogP contribution in [0.2, 0.25) is 0 Å². The number of hydrogen-bond donors (Lipinski definition) is 0. The average Bonchev–Trinajstić information content (AvgIpc) is 2.44. The lowest BCUT2D eigenvalue weighted by atomic mass is 9.94. The van der Waals surface area contributed by atoms with Crippen LogP contribution in [0.1, 0.15) is 26.0 Å². The zero-order chi connectivity index (χ0) is 15.5. The minimum Gasteiger partial charge on any atom is -0.261 e. The molecule has 2 heterocycles. The molecule has 21 heavy (non-hydrogen) atoms. The van der Waals surface area contributed by atoms with Crippen LogP contribution in [0.25, 0.3) is 0 Å². The van der Waals surface area contributed by atoms with E-state index in [1.54, 1.807) is 17.5 Å². The van der Waals surface area contributed by atoms with Crippen molar-refractivity contribution >= 4 is 10.2 Å². The van der Waals surface area contributed by atoms with E-state index in [0.717, 1.165) is 12.1 Å². The van der Waals surface area contributed by atoms with Crippen LogP contribution in [0.15, 0.2) is 24.4 Å². The quantitative estimate of drug-likeness (QED) is 0.833. The Labute approximate surface area is 128 Å². The van der Waals surface area contributed by atoms with Gasteiger partial charge in [-0.3, -0.25) is 4.98 Å². The zero-order valence-electron chi connectivity index (χ0n) is 13.1. The number of rotatable bonds is 5. The van der Waals surface area contributed by atoms with E-state index in [1.165, 1.54) is 4.31 Å². The molecule has 0 radical (unpaired) electrons. The van der Waals surface area contributed by atoms with Crippen molar-refractivity contribution in [3.8, 4) is 0 Å². The fourth-order valence-electron chi connectivity index (χ4n) is 2.92. The largest absolute Gasteiger partial charge is 0.281 e. The molecule has 1 saturated heterocycles. The van der Waals surface area contributed by atoms with Gasteiger partial charge in [-0.25, -0.2) is 0 Å². The Morgan fingerprint density at radius 2 is 1.95 bits per heavy atom. The summed E-state index contributed by atoms with van der Waals surface area (Å²) in [5, 5.41) is 0. The van der Waals surface area contributed by atoms with E-state index < -0.39 is 10.2 Å². The van der Waals surface area contributed by atoms with Gasteiger partial charge in [0.2, 0.25) is 0 Å². The summed E-state index contributed by atoms with van der Waals surface area (Å²) in [6.45, 7) is 5.94. The van der Waals surface area contributed by atoms with Gasteiger partial charge in [0, 0.05) is 45.0 Å². The number of pyridine rings is 1. The van der Waals surface area contributed by atoms with Crippen LogP contribution in [0.5, 0.6) is 0 Å². The lowest BCUT2D eigenvalue weighted by Gasteiger charge is -2.36. The Hall–Kier alpha value is -0.980. The normalized spacial score (nSPS) is 24.4. The van der Waals surface area contributed by atoms with Gasteiger partial charge >= 0.3 is 0 Å². The molecule has 2 atom stereocenters. The molecular formula is C15H25N3O2S. The van der Waals surface area contributed by atoms with E-state index in [1.807, 2.05) is 18.2 Å². The number of piperidine rings is 1. The molecule has 2 rings (SSSR count). The first-order chi connectivity index (χ1) is 9.89. The third-order valence-corrected chi connectivity index (χ3v) is 5.89. The summed E-state index contributed by atoms with van der Waals surface area (Å²) in [7, 11) is -1.70. The molecule has 118 valence electrons. The highest BCUT2D eigenvalue weighted by Gasteiger charge is 2.32. The Kier molecular flexibility index (Phi) is 5.35. The van der Waals surface area contributed by atoms with Crippen molar-refractivity contribution in [3.63, 3.8) is 0 Å². The minimum absolute atomic E-state index is 0.424. The van der Waals surface area contributed by atoms with Gasteiger partial charge < -0.3 is 0 Å². The van der Waals surface area contributed by atoms with Crippen molar-refractivity contribution < 1.29 is 8.42 Å². The maximum atomic E-state index is 12.6. The van der Waals surface area contributed by atoms with Crippen LogP contribution in [-0.2, 0) is 16.6 Å². The number of likely N-dealkylation sites (N-methyl/N-ethyl adjacent to an activating group) is 1. The molecular weight excluding hydrogens is 286 g/mol. The van der Waals surface area contributed by atoms with Crippen LogP contribution in [0, 0.1) is 11.8 Å². The molecule has 0 aliphatic carbocycles. The molecule has 1 fully saturated rings. The highest BCUT2D eigenvalue weighted by atomic mass is 32.2. The van der Waals surface area contributed by atoms with Crippen molar-refractivity contribution in [2.75, 3.05) is 26.7 Å². The summed E-state index contributed by atoms with van der Waals surface area (Å²) in [6.07, 6.45) is 3.47. The Morgan fingerprint density at radius 1 is 1.29 bits per heavy atom. The lowest BCUT2D eigenvalue weighted by molar-refractivity contribution is 0.212. The topological polar surface area (TPSA) is 53.5 Å². The Bertz CT molecular complexity index is 537. The first-order valence-electron chi connectivity index (χ1n) is 7.51. The fourth-order valence-corrected chi connectivity index (χ4v) is 4.53. The van der Waals surface area contributed by atoms with Gasteiger partial charge in [0.25, 0.3) is 10.2 Å². The van der Waals surface area contributed by atoms with Crippen molar-refractivity contribution in [1.82, 2.24) is 13.6 Å². The second kappa shape index (κ2) is 6.85. The zero-order valence-corrected chi connectivity index (χ0v) is 13.9. The van der Waals surface area contributed by atoms with Gasteiger partial charge in [0.1, 0.15) is 0 Å². The van der Waals surface area contributed by atoms with E-state index >= 15 is 0 Å². The summed E-state index contributed by atoms with van der Waals surface area (Å²) < 4.78 is 28.3. The molecule has 0 bridgehead atoms. The van der Waals surface area contributed by atoms with E-state index in [-0.39, 0.29) is 0 Å². The van der Waals surface area contributed by atoms with Crippen molar-refractivity contribution in [2.45, 2.75) is 26.7 Å². The molecule has 0 N–H and O–H groups in total. The molecule has 2 unspecified atom stereocenters. The fraction of sp³-hybridized carbons (Fsp3) is 0.667. The Morgan fingerprint density at radius 3 is 2.52 bits per heavy atom. The van der Waals surface area contributed by atoms with Crippen LogP contribution in [0.4, 0.5) is 0 Å². The summed E-state index contributed by atoms with van der Waals surface area (Å²) in [5.74, 6) is 0.848. The molecule has 0 amide bonds. The smallest absolute Gasteiger partial charge is 0.261 e. The Balaban J connectivity index is 1.98. The molecule has 1 aliphatic heterocycles. The monoisotopic (exact) mass is 311 g/mol. The van der Waals surface area contributed by atoms with Gasteiger partial charge in [0.15, 0.2) is 0 Å². The third-order valence-electron chi connectivity index (χ3n) is 3.96. The van der Waals surface area contributed by atoms with Crippen molar-refractivity contribution in [2.24, 2.45) is 11.8 Å². The number of hydrogen-bond acceptors (Lipinski definition) is 3. The molecule has 1 aliphatic rings. The van der Waals surface area contributed by atoms with Crippen LogP contribution >= 0.6 is 0 Å². The SMILES string of the molecule is CC1CC(C)CN(S(=O)(=O)N(C)CCc2ccccn2)C1. The van der Waals surface area contributed by atoms with Gasteiger partial charge in [0.05, 0.1) is 0 Å². The van der Waals surface area contributed by atoms with Crippen LogP contribution in [0.3, 0.4) is 0 Å². The van der Waals surface area contributed by atoms with Crippen LogP contribution in [-0.4, -0.2) is 48.7 Å². The van der Waals surface area contributed by atoms with Crippen LogP contribution < -0.4 is 0 Å². The second-order valence-corrected chi connectivity index (χ2v) is 8.20. The van der Waals surface area contributed by atoms with Gasteiger partial charge in [-0.1, -0.05) is 19.9 Å². The molecule has 5 nitrogen and oxygen atoms in total. The summed E-state index contributed by atoms with van der Waals surface area (Å²) in [4.78, 5) is 4.23. The lowest BCUT2D eigenvalue weighted by Crippen LogP contribution is -2.48. The predicted octanol–water partition coefficient (Wildman–Crippen LogP) is 1.78. The van der Waals surface area contributed by atoms with Gasteiger partial charge in [-0.2, -0.15) is 17.0 Å². The highest BCUT2D eigenvalue weighted by Crippen LogP contribution is 2.24. The van der Waals surface area contributed by atoms with Crippen molar-refractivity contribution in [3.05, 3.63) is 30.1 Å². The number of aromatic nitrogens is 1. The maximum absolute atomic E-state index is 12.6. The predicted molar refractivity (Wildman–Crippen MR) is 84.0 cm³/mol. The first-order valence-corrected chi connectivity index (χ1v) is 8.90. The summed E-state index contributed by atoms with van der Waals surface area (Å²) in [5.41, 5.74) is 0.917. The van der Waals surface area contributed by atoms with E-state index in [0.29, 0.717) is 37.9 Å². The number of nitrogens with zero attached hydrogens (tertiary/aromatic N) is 3. The second-order valence-electron chi connectivity index (χ2n) is 6.16. The third kappa shape index (κ3) is 4.25. The molecule has 1 aromatic heterocycles. The first kappa shape index (κ1) is 16.4. The average molecular weight is 311 g/mol. The van der Waals surface area contributed by atoms with Gasteiger partial charge in [-0.15, -0.1) is 0 Å². The van der Waals surface area contributed by atoms with Crippen molar-refractivity contribution in [1.29, 1.82) is 0 Å². The minimum atomic E-state index is -3.36. The summed E-state index contributed by atoms with van der Waals surface area (Å²) in [6, 6.07) is 5.71. The summed E-state index contributed by atoms with van der Waals surface area (Å²) >= 11 is 0. The molecule has 1 aromatic rings. The highest BCUT2D eigenvalue weighted by molar-refractivity contribution is 7.86. The van der Waals surface area contributed by atoms with E-state index in [2.05, 4.69) is 18.8 Å². The standard InChI is InChI=1S/C15H25N3O2S/c1-13-10-14(2)12-18(11-13)21(19,20)17(3)9-7-15-6-4-5-8-16-15/h4-6,8,13-14H,7,9-12H2,1-3H3. The molecule has 0 aromatic carbocycles. The maximum Gasteiger partial charge on any atom is 0.281 e. The molecule has 6 heteroatoms. The van der Waals surface area contributed by atoms with Gasteiger partial charge in [-0.05, 0) is 30.4 Å². The van der Waals surface area contributed by atoms with E-state index in [4.69, 9.17) is 0 Å². The molecule has 0 spiro atoms. The molecule has 0 saturated carbocycles.